The van der Waals surface area contributed by atoms with E-state index in [1.165, 1.54) is 0 Å². The first kappa shape index (κ1) is 25.2. The molecule has 0 spiro atoms. The SMILES string of the molecule is Cl.Cl.N#CC(NCc1cccc(CNC(C#N)c2ccccc2)c1)c1ccccc1. The van der Waals surface area contributed by atoms with E-state index in [4.69, 9.17) is 0 Å². The fourth-order valence-electron chi connectivity index (χ4n) is 3.06. The Kier molecular flexibility index (Phi) is 11.2. The molecule has 0 aromatic heterocycles. The van der Waals surface area contributed by atoms with Crippen molar-refractivity contribution < 1.29 is 0 Å². The van der Waals surface area contributed by atoms with E-state index in [1.807, 2.05) is 78.9 Å². The number of hydrogen-bond acceptors (Lipinski definition) is 4. The molecule has 3 aromatic rings. The zero-order valence-electron chi connectivity index (χ0n) is 16.4. The van der Waals surface area contributed by atoms with Gasteiger partial charge in [-0.2, -0.15) is 10.5 Å². The summed E-state index contributed by atoms with van der Waals surface area (Å²) in [5, 5.41) is 25.5. The van der Waals surface area contributed by atoms with E-state index >= 15 is 0 Å². The third-order valence-corrected chi connectivity index (χ3v) is 4.54. The molecule has 0 fully saturated rings. The van der Waals surface area contributed by atoms with Crippen molar-refractivity contribution in [2.24, 2.45) is 0 Å². The molecule has 0 aliphatic rings. The zero-order valence-corrected chi connectivity index (χ0v) is 18.0. The van der Waals surface area contributed by atoms with E-state index in [9.17, 15) is 10.5 Å². The van der Waals surface area contributed by atoms with Crippen molar-refractivity contribution in [3.8, 4) is 12.1 Å². The van der Waals surface area contributed by atoms with Gasteiger partial charge in [-0.25, -0.2) is 0 Å². The summed E-state index contributed by atoms with van der Waals surface area (Å²) in [6, 6.07) is 31.5. The maximum Gasteiger partial charge on any atom is 0.121 e. The molecule has 2 atom stereocenters. The van der Waals surface area contributed by atoms with E-state index < -0.39 is 0 Å². The molecule has 0 amide bonds. The van der Waals surface area contributed by atoms with Crippen molar-refractivity contribution in [3.63, 3.8) is 0 Å². The second-order valence-electron chi connectivity index (χ2n) is 6.53. The van der Waals surface area contributed by atoms with Crippen molar-refractivity contribution >= 4 is 24.8 Å². The van der Waals surface area contributed by atoms with Gasteiger partial charge in [-0.1, -0.05) is 84.9 Å². The molecule has 6 heteroatoms. The van der Waals surface area contributed by atoms with Gasteiger partial charge in [0.1, 0.15) is 12.1 Å². The highest BCUT2D eigenvalue weighted by Gasteiger charge is 2.11. The predicted octanol–water partition coefficient (Wildman–Crippen LogP) is 5.24. The third-order valence-electron chi connectivity index (χ3n) is 4.54. The molecule has 2 N–H and O–H groups in total. The van der Waals surface area contributed by atoms with Crippen LogP contribution in [0.4, 0.5) is 0 Å². The third kappa shape index (κ3) is 7.19. The van der Waals surface area contributed by atoms with E-state index in [0.29, 0.717) is 13.1 Å². The van der Waals surface area contributed by atoms with E-state index in [-0.39, 0.29) is 36.9 Å². The van der Waals surface area contributed by atoms with Gasteiger partial charge in [0.2, 0.25) is 0 Å². The van der Waals surface area contributed by atoms with Crippen LogP contribution in [0.25, 0.3) is 0 Å². The minimum atomic E-state index is -0.343. The molecule has 3 aromatic carbocycles. The molecule has 154 valence electrons. The highest BCUT2D eigenvalue weighted by Crippen LogP contribution is 2.15. The molecular weight excluding hydrogens is 415 g/mol. The molecule has 3 rings (SSSR count). The van der Waals surface area contributed by atoms with E-state index in [2.05, 4.69) is 28.8 Å². The Labute approximate surface area is 190 Å². The summed E-state index contributed by atoms with van der Waals surface area (Å²) in [6.45, 7) is 1.20. The Balaban J connectivity index is 0.00000225. The number of nitrogens with zero attached hydrogens (tertiary/aromatic N) is 2. The van der Waals surface area contributed by atoms with Crippen LogP contribution in [0.5, 0.6) is 0 Å². The Bertz CT molecular complexity index is 889. The number of nitrogens with one attached hydrogen (secondary N) is 2. The van der Waals surface area contributed by atoms with Crippen molar-refractivity contribution in [2.75, 3.05) is 0 Å². The van der Waals surface area contributed by atoms with Gasteiger partial charge in [-0.3, -0.25) is 10.6 Å². The molecule has 4 nitrogen and oxygen atoms in total. The van der Waals surface area contributed by atoms with Gasteiger partial charge < -0.3 is 0 Å². The predicted molar refractivity (Wildman–Crippen MR) is 124 cm³/mol. The van der Waals surface area contributed by atoms with Crippen LogP contribution in [0.1, 0.15) is 34.3 Å². The first-order valence-corrected chi connectivity index (χ1v) is 9.24. The van der Waals surface area contributed by atoms with Gasteiger partial charge in [-0.15, -0.1) is 24.8 Å². The summed E-state index contributed by atoms with van der Waals surface area (Å²) in [4.78, 5) is 0. The molecule has 2 unspecified atom stereocenters. The van der Waals surface area contributed by atoms with Crippen molar-refractivity contribution in [2.45, 2.75) is 25.2 Å². The van der Waals surface area contributed by atoms with Gasteiger partial charge in [0.05, 0.1) is 12.1 Å². The Hall–Kier alpha value is -2.86. The first-order valence-electron chi connectivity index (χ1n) is 9.24. The number of nitriles is 2. The lowest BCUT2D eigenvalue weighted by molar-refractivity contribution is 0.621. The normalized spacial score (nSPS) is 11.7. The average Bonchev–Trinajstić information content (AvgIpc) is 2.76. The van der Waals surface area contributed by atoms with Gasteiger partial charge in [0, 0.05) is 13.1 Å². The molecular formula is C24H24Cl2N4. The fraction of sp³-hybridized carbons (Fsp3) is 0.167. The standard InChI is InChI=1S/C24H22N4.2ClH/c25-15-23(21-10-3-1-4-11-21)27-17-19-8-7-9-20(14-19)18-28-24(16-26)22-12-5-2-6-13-22;;/h1-14,23-24,27-28H,17-18H2;2*1H. The lowest BCUT2D eigenvalue weighted by atomic mass is 10.1. The van der Waals surface area contributed by atoms with E-state index in [1.54, 1.807) is 0 Å². The Morgan fingerprint density at radius 1 is 0.600 bits per heavy atom. The van der Waals surface area contributed by atoms with Crippen molar-refractivity contribution in [3.05, 3.63) is 107 Å². The summed E-state index contributed by atoms with van der Waals surface area (Å²) < 4.78 is 0. The van der Waals surface area contributed by atoms with E-state index in [0.717, 1.165) is 22.3 Å². The maximum absolute atomic E-state index is 9.44. The topological polar surface area (TPSA) is 71.6 Å². The van der Waals surface area contributed by atoms with Crippen LogP contribution < -0.4 is 10.6 Å². The Morgan fingerprint density at radius 3 is 1.37 bits per heavy atom. The Morgan fingerprint density at radius 2 is 1.00 bits per heavy atom. The monoisotopic (exact) mass is 438 g/mol. The molecule has 0 saturated carbocycles. The minimum absolute atomic E-state index is 0. The quantitative estimate of drug-likeness (QED) is 0.504. The molecule has 0 bridgehead atoms. The first-order chi connectivity index (χ1) is 13.8. The summed E-state index contributed by atoms with van der Waals surface area (Å²) in [7, 11) is 0. The lowest BCUT2D eigenvalue weighted by Crippen LogP contribution is -2.21. The highest BCUT2D eigenvalue weighted by atomic mass is 35.5. The largest absolute Gasteiger partial charge is 0.294 e. The molecule has 30 heavy (non-hydrogen) atoms. The van der Waals surface area contributed by atoms with Crippen LogP contribution in [0, 0.1) is 22.7 Å². The van der Waals surface area contributed by atoms with Crippen molar-refractivity contribution in [1.29, 1.82) is 10.5 Å². The van der Waals surface area contributed by atoms with Gasteiger partial charge in [0.25, 0.3) is 0 Å². The van der Waals surface area contributed by atoms with Crippen LogP contribution in [0.2, 0.25) is 0 Å². The lowest BCUT2D eigenvalue weighted by Gasteiger charge is -2.14. The van der Waals surface area contributed by atoms with Crippen LogP contribution in [-0.4, -0.2) is 0 Å². The summed E-state index contributed by atoms with van der Waals surface area (Å²) in [5.74, 6) is 0. The molecule has 0 heterocycles. The second-order valence-corrected chi connectivity index (χ2v) is 6.53. The van der Waals surface area contributed by atoms with Gasteiger partial charge in [0.15, 0.2) is 0 Å². The smallest absolute Gasteiger partial charge is 0.121 e. The van der Waals surface area contributed by atoms with Gasteiger partial charge in [-0.05, 0) is 22.3 Å². The highest BCUT2D eigenvalue weighted by molar-refractivity contribution is 5.85. The fourth-order valence-corrected chi connectivity index (χ4v) is 3.06. The number of hydrogen-bond donors (Lipinski definition) is 2. The molecule has 0 radical (unpaired) electrons. The zero-order chi connectivity index (χ0) is 19.6. The summed E-state index contributed by atoms with van der Waals surface area (Å²) >= 11 is 0. The van der Waals surface area contributed by atoms with Crippen LogP contribution in [-0.2, 0) is 13.1 Å². The van der Waals surface area contributed by atoms with Crippen LogP contribution >= 0.6 is 24.8 Å². The number of halogens is 2. The number of benzene rings is 3. The molecule has 0 aliphatic heterocycles. The van der Waals surface area contributed by atoms with Crippen LogP contribution in [0.3, 0.4) is 0 Å². The summed E-state index contributed by atoms with van der Waals surface area (Å²) in [5.41, 5.74) is 4.12. The van der Waals surface area contributed by atoms with Gasteiger partial charge >= 0.3 is 0 Å². The number of rotatable bonds is 8. The maximum atomic E-state index is 9.44. The minimum Gasteiger partial charge on any atom is -0.294 e. The van der Waals surface area contributed by atoms with Crippen molar-refractivity contribution in [1.82, 2.24) is 10.6 Å². The molecule has 0 saturated heterocycles. The molecule has 0 aliphatic carbocycles. The average molecular weight is 439 g/mol. The van der Waals surface area contributed by atoms with Crippen LogP contribution in [0.15, 0.2) is 84.9 Å². The summed E-state index contributed by atoms with van der Waals surface area (Å²) in [6.07, 6.45) is 0. The second kappa shape index (κ2) is 13.4.